The van der Waals surface area contributed by atoms with E-state index >= 15 is 0 Å². The molecule has 1 N–H and O–H groups in total. The number of hydrogen-bond donors (Lipinski definition) is 1. The van der Waals surface area contributed by atoms with E-state index < -0.39 is 10.0 Å². The van der Waals surface area contributed by atoms with Crippen molar-refractivity contribution in [2.45, 2.75) is 51.1 Å². The Bertz CT molecular complexity index is 972. The second-order valence-electron chi connectivity index (χ2n) is 7.50. The molecule has 2 heterocycles. The lowest BCUT2D eigenvalue weighted by atomic mass is 10.2. The predicted molar refractivity (Wildman–Crippen MR) is 138 cm³/mol. The number of halogens is 1. The number of sulfonamides is 1. The van der Waals surface area contributed by atoms with Gasteiger partial charge in [0, 0.05) is 32.1 Å². The van der Waals surface area contributed by atoms with Crippen molar-refractivity contribution in [2.75, 3.05) is 26.7 Å². The largest absolute Gasteiger partial charge is 0.357 e. The molecule has 0 radical (unpaired) electrons. The summed E-state index contributed by atoms with van der Waals surface area (Å²) >= 11 is 1.64. The van der Waals surface area contributed by atoms with Gasteiger partial charge in [-0.3, -0.25) is 0 Å². The van der Waals surface area contributed by atoms with E-state index in [1.54, 1.807) is 33.8 Å². The zero-order chi connectivity index (χ0) is 21.6. The third-order valence-electron chi connectivity index (χ3n) is 5.02. The van der Waals surface area contributed by atoms with Crippen molar-refractivity contribution in [3.8, 4) is 0 Å². The molecular weight excluding hydrogens is 545 g/mol. The van der Waals surface area contributed by atoms with E-state index in [-0.39, 0.29) is 24.0 Å². The number of guanidine groups is 1. The van der Waals surface area contributed by atoms with Crippen LogP contribution in [-0.4, -0.2) is 55.2 Å². The molecule has 1 aliphatic rings. The van der Waals surface area contributed by atoms with E-state index in [9.17, 15) is 8.42 Å². The van der Waals surface area contributed by atoms with E-state index in [4.69, 9.17) is 4.99 Å². The first kappa shape index (κ1) is 26.0. The summed E-state index contributed by atoms with van der Waals surface area (Å²) in [6.07, 6.45) is 2.96. The number of piperidine rings is 1. The van der Waals surface area contributed by atoms with Gasteiger partial charge in [-0.2, -0.15) is 4.31 Å². The van der Waals surface area contributed by atoms with Crippen LogP contribution in [0.5, 0.6) is 0 Å². The van der Waals surface area contributed by atoms with Crippen molar-refractivity contribution in [3.63, 3.8) is 0 Å². The molecule has 1 aliphatic heterocycles. The van der Waals surface area contributed by atoms with Crippen LogP contribution in [0, 0.1) is 6.92 Å². The first-order chi connectivity index (χ1) is 14.4. The van der Waals surface area contributed by atoms with Crippen LogP contribution < -0.4 is 5.32 Å². The van der Waals surface area contributed by atoms with Crippen LogP contribution in [0.2, 0.25) is 0 Å². The molecule has 172 valence electrons. The van der Waals surface area contributed by atoms with Gasteiger partial charge < -0.3 is 10.2 Å². The smallest absolute Gasteiger partial charge is 0.243 e. The van der Waals surface area contributed by atoms with Gasteiger partial charge in [-0.05, 0) is 44.4 Å². The second kappa shape index (κ2) is 12.1. The fourth-order valence-electron chi connectivity index (χ4n) is 3.49. The number of rotatable bonds is 7. The van der Waals surface area contributed by atoms with Crippen LogP contribution in [0.1, 0.15) is 42.5 Å². The lowest BCUT2D eigenvalue weighted by molar-refractivity contribution is 0.346. The first-order valence-electron chi connectivity index (χ1n) is 10.4. The fraction of sp³-hybridized carbons (Fsp3) is 0.524. The molecule has 1 aromatic heterocycles. The highest BCUT2D eigenvalue weighted by Gasteiger charge is 2.25. The second-order valence-corrected chi connectivity index (χ2v) is 10.5. The lowest BCUT2D eigenvalue weighted by Gasteiger charge is -2.26. The molecule has 0 saturated carbocycles. The van der Waals surface area contributed by atoms with Crippen LogP contribution in [0.3, 0.4) is 0 Å². The van der Waals surface area contributed by atoms with E-state index in [1.807, 2.05) is 31.9 Å². The fourth-order valence-corrected chi connectivity index (χ4v) is 5.68. The molecular formula is C21H32IN5O2S2. The molecule has 1 aromatic carbocycles. The minimum Gasteiger partial charge on any atom is -0.357 e. The van der Waals surface area contributed by atoms with Crippen molar-refractivity contribution in [1.82, 2.24) is 19.5 Å². The van der Waals surface area contributed by atoms with E-state index in [1.165, 1.54) is 0 Å². The van der Waals surface area contributed by atoms with E-state index in [2.05, 4.69) is 15.7 Å². The summed E-state index contributed by atoms with van der Waals surface area (Å²) in [4.78, 5) is 11.6. The number of hydrogen-bond acceptors (Lipinski definition) is 5. The molecule has 31 heavy (non-hydrogen) atoms. The molecule has 0 amide bonds. The van der Waals surface area contributed by atoms with Gasteiger partial charge in [0.25, 0.3) is 0 Å². The van der Waals surface area contributed by atoms with Crippen molar-refractivity contribution < 1.29 is 8.42 Å². The third-order valence-corrected chi connectivity index (χ3v) is 7.74. The standard InChI is InChI=1S/C21H31N5O2S2.HI/c1-4-22-21(25(3)15-19-16-29-17(2)24-19)23-14-18-9-8-10-20(13-18)30(27,28)26-11-6-5-7-12-26;/h8-10,13,16H,4-7,11-12,14-15H2,1-3H3,(H,22,23);1H. The number of nitrogens with zero attached hydrogens (tertiary/aromatic N) is 4. The van der Waals surface area contributed by atoms with E-state index in [0.29, 0.717) is 31.1 Å². The van der Waals surface area contributed by atoms with Crippen LogP contribution in [0.25, 0.3) is 0 Å². The van der Waals surface area contributed by atoms with Crippen molar-refractivity contribution in [2.24, 2.45) is 4.99 Å². The van der Waals surface area contributed by atoms with Gasteiger partial charge in [0.1, 0.15) is 0 Å². The van der Waals surface area contributed by atoms with Gasteiger partial charge in [-0.1, -0.05) is 18.6 Å². The molecule has 7 nitrogen and oxygen atoms in total. The number of thiazole rings is 1. The van der Waals surface area contributed by atoms with Gasteiger partial charge in [-0.25, -0.2) is 18.4 Å². The zero-order valence-corrected chi connectivity index (χ0v) is 22.3. The van der Waals surface area contributed by atoms with Crippen molar-refractivity contribution >= 4 is 51.3 Å². The Morgan fingerprint density at radius 1 is 1.29 bits per heavy atom. The maximum absolute atomic E-state index is 13.0. The number of aryl methyl sites for hydroxylation is 1. The minimum absolute atomic E-state index is 0. The Morgan fingerprint density at radius 2 is 2.03 bits per heavy atom. The number of benzene rings is 1. The maximum atomic E-state index is 13.0. The zero-order valence-electron chi connectivity index (χ0n) is 18.4. The molecule has 3 rings (SSSR count). The van der Waals surface area contributed by atoms with Gasteiger partial charge in [-0.15, -0.1) is 35.3 Å². The Morgan fingerprint density at radius 3 is 2.68 bits per heavy atom. The van der Waals surface area contributed by atoms with Gasteiger partial charge in [0.15, 0.2) is 5.96 Å². The van der Waals surface area contributed by atoms with Crippen LogP contribution in [-0.2, 0) is 23.1 Å². The van der Waals surface area contributed by atoms with Gasteiger partial charge in [0.05, 0.1) is 28.7 Å². The number of aliphatic imine (C=N–C) groups is 1. The third kappa shape index (κ3) is 7.13. The maximum Gasteiger partial charge on any atom is 0.243 e. The Balaban J connectivity index is 0.00000341. The average molecular weight is 578 g/mol. The molecule has 1 saturated heterocycles. The van der Waals surface area contributed by atoms with Crippen LogP contribution in [0.4, 0.5) is 0 Å². The Kier molecular flexibility index (Phi) is 10.2. The van der Waals surface area contributed by atoms with Crippen LogP contribution >= 0.6 is 35.3 Å². The molecule has 0 spiro atoms. The van der Waals surface area contributed by atoms with Crippen molar-refractivity contribution in [3.05, 3.63) is 45.9 Å². The SMILES string of the molecule is CCNC(=NCc1cccc(S(=O)(=O)N2CCCCC2)c1)N(C)Cc1csc(C)n1.I. The van der Waals surface area contributed by atoms with Gasteiger partial charge >= 0.3 is 0 Å². The molecule has 0 aliphatic carbocycles. The Hall–Kier alpha value is -1.24. The summed E-state index contributed by atoms with van der Waals surface area (Å²) in [7, 11) is -1.46. The Labute approximate surface area is 207 Å². The summed E-state index contributed by atoms with van der Waals surface area (Å²) < 4.78 is 27.5. The monoisotopic (exact) mass is 577 g/mol. The molecule has 0 unspecified atom stereocenters. The summed E-state index contributed by atoms with van der Waals surface area (Å²) in [5.41, 5.74) is 1.89. The first-order valence-corrected chi connectivity index (χ1v) is 12.7. The minimum atomic E-state index is -3.44. The van der Waals surface area contributed by atoms with E-state index in [0.717, 1.165) is 48.0 Å². The molecule has 10 heteroatoms. The highest BCUT2D eigenvalue weighted by molar-refractivity contribution is 14.0. The average Bonchev–Trinajstić information content (AvgIpc) is 3.16. The molecule has 1 fully saturated rings. The lowest BCUT2D eigenvalue weighted by Crippen LogP contribution is -2.38. The number of aromatic nitrogens is 1. The molecule has 2 aromatic rings. The number of nitrogens with one attached hydrogen (secondary N) is 1. The normalized spacial score (nSPS) is 15.4. The summed E-state index contributed by atoms with van der Waals surface area (Å²) in [6, 6.07) is 7.16. The summed E-state index contributed by atoms with van der Waals surface area (Å²) in [5.74, 6) is 0.771. The van der Waals surface area contributed by atoms with Crippen molar-refractivity contribution in [1.29, 1.82) is 0 Å². The summed E-state index contributed by atoms with van der Waals surface area (Å²) in [5, 5.41) is 6.41. The topological polar surface area (TPSA) is 77.9 Å². The summed E-state index contributed by atoms with van der Waals surface area (Å²) in [6.45, 7) is 7.07. The quantitative estimate of drug-likeness (QED) is 0.308. The predicted octanol–water partition coefficient (Wildman–Crippen LogP) is 3.84. The highest BCUT2D eigenvalue weighted by Crippen LogP contribution is 2.21. The molecule has 0 atom stereocenters. The van der Waals surface area contributed by atoms with Gasteiger partial charge in [0.2, 0.25) is 10.0 Å². The molecule has 0 bridgehead atoms. The van der Waals surface area contributed by atoms with Crippen LogP contribution in [0.15, 0.2) is 39.5 Å². The highest BCUT2D eigenvalue weighted by atomic mass is 127.